The first-order valence-corrected chi connectivity index (χ1v) is 7.50. The van der Waals surface area contributed by atoms with Crippen LogP contribution in [0.4, 0.5) is 10.1 Å². The summed E-state index contributed by atoms with van der Waals surface area (Å²) in [6.45, 7) is 0. The molecule has 1 heterocycles. The fourth-order valence-corrected chi connectivity index (χ4v) is 3.53. The molecule has 0 aromatic heterocycles. The Bertz CT molecular complexity index is 383. The van der Waals surface area contributed by atoms with Crippen LogP contribution >= 0.6 is 15.9 Å². The minimum absolute atomic E-state index is 0.228. The molecule has 88 valence electrons. The van der Waals surface area contributed by atoms with Crippen molar-refractivity contribution < 1.29 is 8.60 Å². The van der Waals surface area contributed by atoms with Gasteiger partial charge in [0.1, 0.15) is 5.82 Å². The lowest BCUT2D eigenvalue weighted by molar-refractivity contribution is 0.603. The van der Waals surface area contributed by atoms with Gasteiger partial charge in [-0.3, -0.25) is 4.21 Å². The third-order valence-electron chi connectivity index (χ3n) is 2.70. The quantitative estimate of drug-likeness (QED) is 0.910. The standard InChI is InChI=1S/C11H13BrFNOS/c12-9-2-1-3-10(13)11(9)14-8-4-6-16(15)7-5-8/h1-3,8,14H,4-7H2. The van der Waals surface area contributed by atoms with Gasteiger partial charge in [0.05, 0.1) is 5.69 Å². The Kier molecular flexibility index (Phi) is 3.97. The second-order valence-electron chi connectivity index (χ2n) is 3.86. The molecule has 1 aromatic carbocycles. The summed E-state index contributed by atoms with van der Waals surface area (Å²) in [5.74, 6) is 1.18. The molecule has 0 radical (unpaired) electrons. The number of benzene rings is 1. The Morgan fingerprint density at radius 1 is 1.38 bits per heavy atom. The first-order chi connectivity index (χ1) is 7.66. The smallest absolute Gasteiger partial charge is 0.147 e. The highest BCUT2D eigenvalue weighted by Crippen LogP contribution is 2.27. The molecular formula is C11H13BrFNOS. The monoisotopic (exact) mass is 305 g/mol. The minimum atomic E-state index is -0.675. The van der Waals surface area contributed by atoms with E-state index < -0.39 is 10.8 Å². The van der Waals surface area contributed by atoms with E-state index >= 15 is 0 Å². The largest absolute Gasteiger partial charge is 0.379 e. The molecule has 16 heavy (non-hydrogen) atoms. The van der Waals surface area contributed by atoms with Crippen molar-refractivity contribution in [2.45, 2.75) is 18.9 Å². The van der Waals surface area contributed by atoms with Gasteiger partial charge in [-0.15, -0.1) is 0 Å². The predicted molar refractivity (Wildman–Crippen MR) is 68.6 cm³/mol. The van der Waals surface area contributed by atoms with Crippen LogP contribution in [0.15, 0.2) is 22.7 Å². The van der Waals surface area contributed by atoms with Crippen LogP contribution in [0.5, 0.6) is 0 Å². The van der Waals surface area contributed by atoms with Gasteiger partial charge < -0.3 is 5.32 Å². The van der Waals surface area contributed by atoms with Crippen molar-refractivity contribution in [3.05, 3.63) is 28.5 Å². The van der Waals surface area contributed by atoms with Gasteiger partial charge in [0.25, 0.3) is 0 Å². The van der Waals surface area contributed by atoms with Gasteiger partial charge in [0, 0.05) is 32.8 Å². The normalized spacial score (nSPS) is 25.4. The number of halogens is 2. The van der Waals surface area contributed by atoms with E-state index in [1.54, 1.807) is 6.07 Å². The van der Waals surface area contributed by atoms with Crippen LogP contribution in [0.2, 0.25) is 0 Å². The zero-order valence-corrected chi connectivity index (χ0v) is 11.1. The van der Waals surface area contributed by atoms with E-state index in [-0.39, 0.29) is 11.9 Å². The van der Waals surface area contributed by atoms with Gasteiger partial charge in [-0.05, 0) is 40.9 Å². The Balaban J connectivity index is 2.06. The maximum atomic E-state index is 13.5. The highest BCUT2D eigenvalue weighted by molar-refractivity contribution is 9.10. The second-order valence-corrected chi connectivity index (χ2v) is 6.41. The highest BCUT2D eigenvalue weighted by Gasteiger charge is 2.19. The zero-order valence-electron chi connectivity index (χ0n) is 8.71. The molecule has 1 saturated heterocycles. The Hall–Kier alpha value is -0.420. The molecule has 0 unspecified atom stereocenters. The van der Waals surface area contributed by atoms with Gasteiger partial charge >= 0.3 is 0 Å². The predicted octanol–water partition coefficient (Wildman–Crippen LogP) is 2.91. The summed E-state index contributed by atoms with van der Waals surface area (Å²) in [6.07, 6.45) is 1.68. The molecular weight excluding hydrogens is 293 g/mol. The van der Waals surface area contributed by atoms with Crippen LogP contribution in [0.1, 0.15) is 12.8 Å². The van der Waals surface area contributed by atoms with Crippen molar-refractivity contribution in [3.63, 3.8) is 0 Å². The summed E-state index contributed by atoms with van der Waals surface area (Å²) < 4.78 is 25.5. The van der Waals surface area contributed by atoms with Gasteiger partial charge in [0.2, 0.25) is 0 Å². The van der Waals surface area contributed by atoms with E-state index in [9.17, 15) is 8.60 Å². The summed E-state index contributed by atoms with van der Waals surface area (Å²) >= 11 is 3.32. The fourth-order valence-electron chi connectivity index (χ4n) is 1.78. The first kappa shape index (κ1) is 12.0. The van der Waals surface area contributed by atoms with Crippen LogP contribution in [0.25, 0.3) is 0 Å². The van der Waals surface area contributed by atoms with Gasteiger partial charge in [-0.2, -0.15) is 0 Å². The summed E-state index contributed by atoms with van der Waals surface area (Å²) in [6, 6.07) is 5.15. The van der Waals surface area contributed by atoms with Crippen molar-refractivity contribution in [2.75, 3.05) is 16.8 Å². The molecule has 5 heteroatoms. The maximum Gasteiger partial charge on any atom is 0.147 e. The molecule has 1 aliphatic heterocycles. The van der Waals surface area contributed by atoms with E-state index in [4.69, 9.17) is 0 Å². The molecule has 0 spiro atoms. The number of hydrogen-bond acceptors (Lipinski definition) is 2. The van der Waals surface area contributed by atoms with E-state index in [0.717, 1.165) is 17.3 Å². The van der Waals surface area contributed by atoms with Crippen LogP contribution < -0.4 is 5.32 Å². The van der Waals surface area contributed by atoms with Gasteiger partial charge in [-0.1, -0.05) is 6.07 Å². The summed E-state index contributed by atoms with van der Waals surface area (Å²) in [5.41, 5.74) is 0.514. The van der Waals surface area contributed by atoms with E-state index in [1.165, 1.54) is 6.07 Å². The van der Waals surface area contributed by atoms with Crippen LogP contribution in [0.3, 0.4) is 0 Å². The van der Waals surface area contributed by atoms with E-state index in [0.29, 0.717) is 17.2 Å². The molecule has 0 amide bonds. The Morgan fingerprint density at radius 3 is 2.69 bits per heavy atom. The average Bonchev–Trinajstić information content (AvgIpc) is 2.26. The minimum Gasteiger partial charge on any atom is -0.379 e. The molecule has 0 saturated carbocycles. The Morgan fingerprint density at radius 2 is 2.06 bits per heavy atom. The first-order valence-electron chi connectivity index (χ1n) is 5.22. The van der Waals surface area contributed by atoms with Crippen molar-refractivity contribution in [1.29, 1.82) is 0 Å². The molecule has 1 fully saturated rings. The highest BCUT2D eigenvalue weighted by atomic mass is 79.9. The van der Waals surface area contributed by atoms with Crippen LogP contribution in [-0.2, 0) is 10.8 Å². The number of anilines is 1. The maximum absolute atomic E-state index is 13.5. The van der Waals surface area contributed by atoms with Gasteiger partial charge in [-0.25, -0.2) is 4.39 Å². The molecule has 1 aliphatic rings. The number of para-hydroxylation sites is 1. The lowest BCUT2D eigenvalue weighted by Crippen LogP contribution is -2.29. The van der Waals surface area contributed by atoms with Crippen LogP contribution in [-0.4, -0.2) is 21.8 Å². The molecule has 0 atom stereocenters. The number of rotatable bonds is 2. The molecule has 0 bridgehead atoms. The second kappa shape index (κ2) is 5.27. The lowest BCUT2D eigenvalue weighted by Gasteiger charge is -2.24. The Labute approximate surface area is 105 Å². The summed E-state index contributed by atoms with van der Waals surface area (Å²) in [7, 11) is -0.675. The average molecular weight is 306 g/mol. The molecule has 2 nitrogen and oxygen atoms in total. The fraction of sp³-hybridized carbons (Fsp3) is 0.455. The topological polar surface area (TPSA) is 29.1 Å². The van der Waals surface area contributed by atoms with E-state index in [1.807, 2.05) is 6.07 Å². The third-order valence-corrected chi connectivity index (χ3v) is 4.74. The molecule has 1 aromatic rings. The summed E-state index contributed by atoms with van der Waals surface area (Å²) in [4.78, 5) is 0. The summed E-state index contributed by atoms with van der Waals surface area (Å²) in [5, 5.41) is 3.18. The third kappa shape index (κ3) is 2.83. The molecule has 1 N–H and O–H groups in total. The lowest BCUT2D eigenvalue weighted by atomic mass is 10.1. The number of hydrogen-bond donors (Lipinski definition) is 1. The van der Waals surface area contributed by atoms with Crippen LogP contribution in [0, 0.1) is 5.82 Å². The van der Waals surface area contributed by atoms with Crippen molar-refractivity contribution in [3.8, 4) is 0 Å². The molecule has 0 aliphatic carbocycles. The van der Waals surface area contributed by atoms with E-state index in [2.05, 4.69) is 21.2 Å². The van der Waals surface area contributed by atoms with Gasteiger partial charge in [0.15, 0.2) is 0 Å². The zero-order chi connectivity index (χ0) is 11.5. The molecule has 2 rings (SSSR count). The van der Waals surface area contributed by atoms with Crippen molar-refractivity contribution in [1.82, 2.24) is 0 Å². The SMILES string of the molecule is O=S1CCC(Nc2c(F)cccc2Br)CC1. The number of nitrogens with one attached hydrogen (secondary N) is 1. The van der Waals surface area contributed by atoms with Crippen molar-refractivity contribution in [2.24, 2.45) is 0 Å². The van der Waals surface area contributed by atoms with Crippen molar-refractivity contribution >= 4 is 32.4 Å².